The van der Waals surface area contributed by atoms with Crippen LogP contribution in [0.4, 0.5) is 4.39 Å². The van der Waals surface area contributed by atoms with Crippen molar-refractivity contribution in [3.63, 3.8) is 0 Å². The standard InChI is InChI=1S/C20H19FN4O/c21-16-5-3-14(4-6-16)12-19(26)25-11-1-2-18(25)20-17(13-23-24-20)15-7-9-22-10-8-15/h3-10,13,18H,1-2,11-12H2,(H,23,24)/t18-/m1/s1. The van der Waals surface area contributed by atoms with E-state index in [0.29, 0.717) is 0 Å². The first-order valence-corrected chi connectivity index (χ1v) is 8.70. The lowest BCUT2D eigenvalue weighted by Gasteiger charge is -2.25. The van der Waals surface area contributed by atoms with E-state index in [1.165, 1.54) is 12.1 Å². The van der Waals surface area contributed by atoms with Crippen molar-refractivity contribution >= 4 is 5.91 Å². The van der Waals surface area contributed by atoms with E-state index >= 15 is 0 Å². The quantitative estimate of drug-likeness (QED) is 0.783. The molecule has 5 nitrogen and oxygen atoms in total. The van der Waals surface area contributed by atoms with Gasteiger partial charge in [-0.2, -0.15) is 5.10 Å². The number of aromatic amines is 1. The molecule has 0 spiro atoms. The van der Waals surface area contributed by atoms with Crippen molar-refractivity contribution in [3.05, 3.63) is 72.1 Å². The molecular weight excluding hydrogens is 331 g/mol. The third-order valence-corrected chi connectivity index (χ3v) is 4.84. The number of halogens is 1. The highest BCUT2D eigenvalue weighted by Crippen LogP contribution is 2.36. The van der Waals surface area contributed by atoms with Gasteiger partial charge in [0.25, 0.3) is 0 Å². The zero-order valence-corrected chi connectivity index (χ0v) is 14.2. The van der Waals surface area contributed by atoms with Crippen LogP contribution in [0.5, 0.6) is 0 Å². The molecule has 0 bridgehead atoms. The van der Waals surface area contributed by atoms with Crippen molar-refractivity contribution in [2.24, 2.45) is 0 Å². The number of likely N-dealkylation sites (tertiary alicyclic amines) is 1. The summed E-state index contributed by atoms with van der Waals surface area (Å²) in [6, 6.07) is 9.96. The minimum Gasteiger partial charge on any atom is -0.334 e. The lowest BCUT2D eigenvalue weighted by atomic mass is 10.0. The largest absolute Gasteiger partial charge is 0.334 e. The van der Waals surface area contributed by atoms with Crippen LogP contribution in [0.25, 0.3) is 11.1 Å². The molecule has 0 saturated carbocycles. The Morgan fingerprint density at radius 1 is 1.19 bits per heavy atom. The SMILES string of the molecule is O=C(Cc1ccc(F)cc1)N1CCC[C@@H]1c1[nH]ncc1-c1ccncc1. The summed E-state index contributed by atoms with van der Waals surface area (Å²) < 4.78 is 13.1. The molecule has 1 aromatic carbocycles. The number of amides is 1. The second kappa shape index (κ2) is 7.07. The Morgan fingerprint density at radius 3 is 2.73 bits per heavy atom. The first kappa shape index (κ1) is 16.4. The van der Waals surface area contributed by atoms with E-state index in [1.807, 2.05) is 17.0 Å². The molecule has 3 aromatic rings. The van der Waals surface area contributed by atoms with Gasteiger partial charge < -0.3 is 4.90 Å². The molecular formula is C20H19FN4O. The highest BCUT2D eigenvalue weighted by Gasteiger charge is 2.32. The van der Waals surface area contributed by atoms with E-state index in [0.717, 1.165) is 41.8 Å². The molecule has 1 fully saturated rings. The molecule has 26 heavy (non-hydrogen) atoms. The Labute approximate surface area is 150 Å². The summed E-state index contributed by atoms with van der Waals surface area (Å²) in [5.41, 5.74) is 3.81. The highest BCUT2D eigenvalue weighted by atomic mass is 19.1. The number of H-pyrrole nitrogens is 1. The van der Waals surface area contributed by atoms with Crippen molar-refractivity contribution in [2.45, 2.75) is 25.3 Å². The number of hydrogen-bond donors (Lipinski definition) is 1. The molecule has 0 radical (unpaired) electrons. The summed E-state index contributed by atoms with van der Waals surface area (Å²) in [7, 11) is 0. The second-order valence-electron chi connectivity index (χ2n) is 6.48. The second-order valence-corrected chi connectivity index (χ2v) is 6.48. The van der Waals surface area contributed by atoms with E-state index < -0.39 is 0 Å². The minimum absolute atomic E-state index is 0.0198. The van der Waals surface area contributed by atoms with Gasteiger partial charge in [0.05, 0.1) is 24.4 Å². The van der Waals surface area contributed by atoms with Crippen LogP contribution >= 0.6 is 0 Å². The Hall–Kier alpha value is -3.02. The van der Waals surface area contributed by atoms with Crippen LogP contribution in [0.1, 0.15) is 30.1 Å². The number of benzene rings is 1. The molecule has 2 aromatic heterocycles. The maximum atomic E-state index is 13.1. The molecule has 132 valence electrons. The lowest BCUT2D eigenvalue weighted by Crippen LogP contribution is -2.32. The van der Waals surface area contributed by atoms with Gasteiger partial charge >= 0.3 is 0 Å². The molecule has 0 aliphatic carbocycles. The number of carbonyl (C=O) groups is 1. The average molecular weight is 350 g/mol. The van der Waals surface area contributed by atoms with E-state index in [-0.39, 0.29) is 24.2 Å². The summed E-state index contributed by atoms with van der Waals surface area (Å²) in [5, 5.41) is 7.29. The van der Waals surface area contributed by atoms with Crippen LogP contribution in [-0.4, -0.2) is 32.5 Å². The normalized spacial score (nSPS) is 16.8. The Morgan fingerprint density at radius 2 is 1.96 bits per heavy atom. The zero-order chi connectivity index (χ0) is 17.9. The van der Waals surface area contributed by atoms with Crippen LogP contribution in [0.3, 0.4) is 0 Å². The number of nitrogens with one attached hydrogen (secondary N) is 1. The van der Waals surface area contributed by atoms with Gasteiger partial charge in [-0.1, -0.05) is 12.1 Å². The Bertz CT molecular complexity index is 892. The van der Waals surface area contributed by atoms with Crippen LogP contribution in [-0.2, 0) is 11.2 Å². The summed E-state index contributed by atoms with van der Waals surface area (Å²) in [6.07, 6.45) is 7.42. The first-order chi connectivity index (χ1) is 12.7. The number of hydrogen-bond acceptors (Lipinski definition) is 3. The highest BCUT2D eigenvalue weighted by molar-refractivity contribution is 5.80. The van der Waals surface area contributed by atoms with Gasteiger partial charge in [-0.05, 0) is 48.2 Å². The molecule has 6 heteroatoms. The lowest BCUT2D eigenvalue weighted by molar-refractivity contribution is -0.131. The number of pyridine rings is 1. The topological polar surface area (TPSA) is 61.9 Å². The van der Waals surface area contributed by atoms with E-state index in [2.05, 4.69) is 15.2 Å². The van der Waals surface area contributed by atoms with Crippen LogP contribution < -0.4 is 0 Å². The van der Waals surface area contributed by atoms with Gasteiger partial charge in [-0.25, -0.2) is 4.39 Å². The average Bonchev–Trinajstić information content (AvgIpc) is 3.33. The van der Waals surface area contributed by atoms with Crippen molar-refractivity contribution in [1.29, 1.82) is 0 Å². The molecule has 1 aliphatic rings. The van der Waals surface area contributed by atoms with Crippen LogP contribution in [0.15, 0.2) is 55.0 Å². The molecule has 4 rings (SSSR count). The predicted molar refractivity (Wildman–Crippen MR) is 95.6 cm³/mol. The van der Waals surface area contributed by atoms with Crippen molar-refractivity contribution in [1.82, 2.24) is 20.1 Å². The molecule has 1 N–H and O–H groups in total. The third kappa shape index (κ3) is 3.22. The fourth-order valence-corrected chi connectivity index (χ4v) is 3.56. The molecule has 1 atom stereocenters. The van der Waals surface area contributed by atoms with E-state index in [4.69, 9.17) is 0 Å². The van der Waals surface area contributed by atoms with Gasteiger partial charge in [-0.15, -0.1) is 0 Å². The summed E-state index contributed by atoms with van der Waals surface area (Å²) in [6.45, 7) is 0.722. The van der Waals surface area contributed by atoms with Crippen LogP contribution in [0, 0.1) is 5.82 Å². The van der Waals surface area contributed by atoms with Crippen molar-refractivity contribution in [2.75, 3.05) is 6.54 Å². The number of rotatable bonds is 4. The first-order valence-electron chi connectivity index (χ1n) is 8.70. The number of carbonyl (C=O) groups excluding carboxylic acids is 1. The molecule has 1 aliphatic heterocycles. The zero-order valence-electron chi connectivity index (χ0n) is 14.2. The summed E-state index contributed by atoms with van der Waals surface area (Å²) in [4.78, 5) is 18.8. The van der Waals surface area contributed by atoms with Crippen molar-refractivity contribution in [3.8, 4) is 11.1 Å². The van der Waals surface area contributed by atoms with Gasteiger partial charge in [-0.3, -0.25) is 14.9 Å². The van der Waals surface area contributed by atoms with Gasteiger partial charge in [0.2, 0.25) is 5.91 Å². The maximum Gasteiger partial charge on any atom is 0.227 e. The number of nitrogens with zero attached hydrogens (tertiary/aromatic N) is 3. The fourth-order valence-electron chi connectivity index (χ4n) is 3.56. The van der Waals surface area contributed by atoms with E-state index in [1.54, 1.807) is 30.7 Å². The molecule has 0 unspecified atom stereocenters. The predicted octanol–water partition coefficient (Wildman–Crippen LogP) is 3.52. The van der Waals surface area contributed by atoms with Crippen LogP contribution in [0.2, 0.25) is 0 Å². The van der Waals surface area contributed by atoms with Crippen molar-refractivity contribution < 1.29 is 9.18 Å². The fraction of sp³-hybridized carbons (Fsp3) is 0.250. The maximum absolute atomic E-state index is 13.1. The van der Waals surface area contributed by atoms with Gasteiger partial charge in [0.1, 0.15) is 5.82 Å². The Balaban J connectivity index is 1.57. The van der Waals surface area contributed by atoms with Gasteiger partial charge in [0, 0.05) is 24.5 Å². The third-order valence-electron chi connectivity index (χ3n) is 4.84. The summed E-state index contributed by atoms with van der Waals surface area (Å²) >= 11 is 0. The van der Waals surface area contributed by atoms with E-state index in [9.17, 15) is 9.18 Å². The molecule has 1 saturated heterocycles. The monoisotopic (exact) mass is 350 g/mol. The molecule has 1 amide bonds. The number of aromatic nitrogens is 3. The smallest absolute Gasteiger partial charge is 0.227 e. The Kier molecular flexibility index (Phi) is 4.48. The van der Waals surface area contributed by atoms with Gasteiger partial charge in [0.15, 0.2) is 0 Å². The molecule has 3 heterocycles. The summed E-state index contributed by atoms with van der Waals surface area (Å²) in [5.74, 6) is -0.242. The minimum atomic E-state index is -0.292.